The first-order valence-electron chi connectivity index (χ1n) is 12.5. The molecule has 152 valence electrons. The van der Waals surface area contributed by atoms with Crippen LogP contribution in [0.15, 0.2) is 32.9 Å². The molecule has 0 atom stereocenters. The highest BCUT2D eigenvalue weighted by molar-refractivity contribution is 7.93. The average Bonchev–Trinajstić information content (AvgIpc) is 3.52. The first-order chi connectivity index (χ1) is 17.7. The lowest BCUT2D eigenvalue weighted by molar-refractivity contribution is 0.0994. The number of ether oxygens (including phenoxy) is 2. The van der Waals surface area contributed by atoms with Crippen molar-refractivity contribution < 1.29 is 41.0 Å². The third kappa shape index (κ3) is 3.70. The summed E-state index contributed by atoms with van der Waals surface area (Å²) in [7, 11) is -5.03. The molecule has 0 spiro atoms. The molecule has 2 aromatic heterocycles. The number of Topliss-reactive ketones (excluding diaryl/α,β-unsaturated/α-hetero) is 1. The van der Waals surface area contributed by atoms with E-state index < -0.39 is 91.3 Å². The topological polar surface area (TPSA) is 108 Å². The average molecular weight is 465 g/mol. The van der Waals surface area contributed by atoms with E-state index in [-0.39, 0.29) is 10.3 Å². The van der Waals surface area contributed by atoms with E-state index in [1.165, 1.54) is 6.92 Å². The molecule has 0 unspecified atom stereocenters. The summed E-state index contributed by atoms with van der Waals surface area (Å²) in [6.45, 7) is -4.44. The smallest absolute Gasteiger partial charge is 0.265 e. The van der Waals surface area contributed by atoms with E-state index in [9.17, 15) is 13.2 Å². The van der Waals surface area contributed by atoms with Crippen molar-refractivity contribution >= 4 is 44.6 Å². The molecule has 3 aromatic rings. The van der Waals surface area contributed by atoms with Gasteiger partial charge in [-0.25, -0.2) is 13.1 Å². The fourth-order valence-corrected chi connectivity index (χ4v) is 4.65. The van der Waals surface area contributed by atoms with Crippen molar-refractivity contribution in [3.8, 4) is 11.5 Å². The Morgan fingerprint density at radius 2 is 2.28 bits per heavy atom. The number of hydrogen-bond acceptors (Lipinski definition) is 8. The number of nitrogens with zero attached hydrogens (tertiary/aromatic N) is 1. The molecule has 0 amide bonds. The Morgan fingerprint density at radius 1 is 1.52 bits per heavy atom. The number of carbonyl (C=O) groups excluding carboxylic acids is 1. The van der Waals surface area contributed by atoms with Gasteiger partial charge in [-0.3, -0.25) is 4.79 Å². The van der Waals surface area contributed by atoms with Gasteiger partial charge in [0.15, 0.2) is 18.7 Å². The SMILES string of the molecule is [2H]c1c(C)c(C([2H])([2H])C(=O)c2sccc2S(=O)(=O)N([2H])c2onc(C([2H])([2H])[2H])c2Cl)c([2H])c2c1OC([2H])([2H])O2. The summed E-state index contributed by atoms with van der Waals surface area (Å²) < 4.78 is 120. The van der Waals surface area contributed by atoms with Crippen LogP contribution in [0.5, 0.6) is 11.5 Å². The second-order valence-corrected chi connectivity index (χ2v) is 8.35. The molecule has 0 bridgehead atoms. The standard InChI is InChI=1S/C18H15ClN2O6S2/c1-9-5-13-14(26-8-25-13)7-11(9)6-12(22)17-15(3-4-28-17)29(23,24)21-18-16(19)10(2)20-27-18/h3-5,7,21H,6,8H2,1-2H3/i2D3,5D,6D2,7D,8D2/hD. The van der Waals surface area contributed by atoms with Crippen molar-refractivity contribution in [3.63, 3.8) is 0 Å². The highest BCUT2D eigenvalue weighted by Gasteiger charge is 2.27. The van der Waals surface area contributed by atoms with E-state index >= 15 is 0 Å². The summed E-state index contributed by atoms with van der Waals surface area (Å²) >= 11 is 6.39. The Kier molecular flexibility index (Phi) is 2.79. The van der Waals surface area contributed by atoms with Gasteiger partial charge >= 0.3 is 0 Å². The first-order valence-corrected chi connectivity index (χ1v) is 10.3. The number of aromatic nitrogens is 1. The highest BCUT2D eigenvalue weighted by Crippen LogP contribution is 2.36. The van der Waals surface area contributed by atoms with Gasteiger partial charge < -0.3 is 14.0 Å². The zero-order chi connectivity index (χ0) is 29.5. The van der Waals surface area contributed by atoms with Crippen LogP contribution in [0.2, 0.25) is 6.43 Å². The number of anilines is 1. The quantitative estimate of drug-likeness (QED) is 0.550. The van der Waals surface area contributed by atoms with Crippen LogP contribution >= 0.6 is 22.9 Å². The van der Waals surface area contributed by atoms with Gasteiger partial charge in [-0.15, -0.1) is 11.3 Å². The number of aryl methyl sites for hydroxylation is 1. The normalized spacial score (nSPS) is 20.6. The molecular weight excluding hydrogens is 440 g/mol. The van der Waals surface area contributed by atoms with E-state index in [1.54, 1.807) is 0 Å². The van der Waals surface area contributed by atoms with Crippen molar-refractivity contribution in [2.45, 2.75) is 25.0 Å². The minimum Gasteiger partial charge on any atom is -0.454 e. The molecule has 1 N–H and O–H groups in total. The number of nitrogens with one attached hydrogen (secondary N) is 1. The molecule has 3 heterocycles. The van der Waals surface area contributed by atoms with E-state index in [1.807, 2.05) is 0 Å². The number of benzene rings is 1. The van der Waals surface area contributed by atoms with Crippen molar-refractivity contribution in [3.05, 3.63) is 50.3 Å². The lowest BCUT2D eigenvalue weighted by atomic mass is 10.0. The summed E-state index contributed by atoms with van der Waals surface area (Å²) in [6, 6.07) is -0.430. The fourth-order valence-electron chi connectivity index (χ4n) is 2.25. The molecule has 1 aliphatic heterocycles. The van der Waals surface area contributed by atoms with Crippen molar-refractivity contribution in [1.29, 1.82) is 0 Å². The predicted octanol–water partition coefficient (Wildman–Crippen LogP) is 3.96. The summed E-state index contributed by atoms with van der Waals surface area (Å²) in [5, 5.41) is 3.53. The van der Waals surface area contributed by atoms with Gasteiger partial charge in [-0.1, -0.05) is 16.8 Å². The molecule has 0 fully saturated rings. The van der Waals surface area contributed by atoms with E-state index in [4.69, 9.17) is 34.8 Å². The molecule has 1 aliphatic rings. The van der Waals surface area contributed by atoms with Crippen LogP contribution in [0, 0.1) is 13.8 Å². The van der Waals surface area contributed by atoms with E-state index in [0.29, 0.717) is 11.3 Å². The Hall–Kier alpha value is -2.56. The van der Waals surface area contributed by atoms with Crippen molar-refractivity contribution in [2.75, 3.05) is 11.5 Å². The van der Waals surface area contributed by atoms with E-state index in [2.05, 4.69) is 9.68 Å². The third-order valence-electron chi connectivity index (χ3n) is 3.58. The van der Waals surface area contributed by atoms with Gasteiger partial charge in [0.25, 0.3) is 15.9 Å². The molecule has 0 saturated carbocycles. The maximum absolute atomic E-state index is 13.5. The molecule has 0 saturated heterocycles. The van der Waals surface area contributed by atoms with Gasteiger partial charge in [0, 0.05) is 13.2 Å². The Balaban J connectivity index is 1.79. The summed E-state index contributed by atoms with van der Waals surface area (Å²) in [5.41, 5.74) is -1.74. The maximum atomic E-state index is 13.5. The number of hydrogen-bond donors (Lipinski definition) is 1. The Bertz CT molecular complexity index is 1620. The molecule has 0 aliphatic carbocycles. The summed E-state index contributed by atoms with van der Waals surface area (Å²) in [6.07, 6.45) is -3.15. The van der Waals surface area contributed by atoms with E-state index in [0.717, 1.165) is 11.4 Å². The molecule has 11 heteroatoms. The number of ketones is 1. The third-order valence-corrected chi connectivity index (χ3v) is 6.27. The number of thiophene rings is 1. The van der Waals surface area contributed by atoms with Gasteiger partial charge in [-0.2, -0.15) is 0 Å². The Morgan fingerprint density at radius 3 is 3.00 bits per heavy atom. The van der Waals surface area contributed by atoms with Crippen molar-refractivity contribution in [1.82, 2.24) is 5.16 Å². The summed E-state index contributed by atoms with van der Waals surface area (Å²) in [5.74, 6) is -3.51. The highest BCUT2D eigenvalue weighted by atomic mass is 35.5. The molecule has 0 radical (unpaired) electrons. The molecule has 29 heavy (non-hydrogen) atoms. The van der Waals surface area contributed by atoms with Gasteiger partial charge in [0.1, 0.15) is 18.4 Å². The van der Waals surface area contributed by atoms with Crippen LogP contribution in [0.3, 0.4) is 0 Å². The van der Waals surface area contributed by atoms with Crippen LogP contribution in [0.25, 0.3) is 0 Å². The van der Waals surface area contributed by atoms with Crippen LogP contribution in [0.4, 0.5) is 5.88 Å². The lowest BCUT2D eigenvalue weighted by Crippen LogP contribution is -2.16. The first kappa shape index (κ1) is 11.0. The molecule has 4 rings (SSSR count). The molecular formula is C18H15ClN2O6S2. The molecule has 1 aromatic carbocycles. The van der Waals surface area contributed by atoms with Crippen LogP contribution in [0.1, 0.15) is 38.8 Å². The summed E-state index contributed by atoms with van der Waals surface area (Å²) in [4.78, 5) is 11.9. The number of halogens is 1. The number of rotatable bonds is 6. The van der Waals surface area contributed by atoms with Gasteiger partial charge in [0.05, 0.1) is 7.62 Å². The Labute approximate surface area is 189 Å². The van der Waals surface area contributed by atoms with Crippen molar-refractivity contribution in [2.24, 2.45) is 0 Å². The van der Waals surface area contributed by atoms with Gasteiger partial charge in [0.2, 0.25) is 6.75 Å². The largest absolute Gasteiger partial charge is 0.454 e. The maximum Gasteiger partial charge on any atom is 0.265 e. The minimum absolute atomic E-state index is 0.257. The number of carbonyl (C=O) groups is 1. The lowest BCUT2D eigenvalue weighted by Gasteiger charge is -2.09. The number of fused-ring (bicyclic) bond motifs is 1. The van der Waals surface area contributed by atoms with Crippen LogP contribution in [-0.4, -0.2) is 26.1 Å². The second-order valence-electron chi connectivity index (χ2n) is 5.48. The monoisotopic (exact) mass is 464 g/mol. The second kappa shape index (κ2) is 7.36. The number of sulfonamides is 1. The minimum atomic E-state index is -5.03. The molecule has 8 nitrogen and oxygen atoms in total. The predicted molar refractivity (Wildman–Crippen MR) is 107 cm³/mol. The van der Waals surface area contributed by atoms with Crippen LogP contribution < -0.4 is 14.2 Å². The fraction of sp³-hybridized carbons (Fsp3) is 0.222. The van der Waals surface area contributed by atoms with Crippen LogP contribution in [-0.2, 0) is 16.4 Å². The zero-order valence-corrected chi connectivity index (χ0v) is 16.6. The zero-order valence-electron chi connectivity index (χ0n) is 24.2. The van der Waals surface area contributed by atoms with Gasteiger partial charge in [-0.05, 0) is 48.4 Å².